The molecule has 0 amide bonds. The largest absolute Gasteiger partial charge is 0.481 e. The summed E-state index contributed by atoms with van der Waals surface area (Å²) in [5, 5.41) is 8.43. The number of hydrogen-bond donors (Lipinski definition) is 1. The Hall–Kier alpha value is -1.14. The van der Waals surface area contributed by atoms with Gasteiger partial charge in [0.25, 0.3) is 0 Å². The quantitative estimate of drug-likeness (QED) is 0.585. The molecule has 0 saturated heterocycles. The lowest BCUT2D eigenvalue weighted by Crippen LogP contribution is -2.25. The third-order valence-corrected chi connectivity index (χ3v) is 2.35. The number of esters is 1. The summed E-state index contributed by atoms with van der Waals surface area (Å²) in [6.07, 6.45) is -0.583. The van der Waals surface area contributed by atoms with Gasteiger partial charge in [-0.3, -0.25) is 9.59 Å². The molecule has 0 saturated carbocycles. The van der Waals surface area contributed by atoms with Crippen LogP contribution in [0.1, 0.15) is 40.5 Å². The summed E-state index contributed by atoms with van der Waals surface area (Å²) in [4.78, 5) is 21.5. The van der Waals surface area contributed by atoms with Crippen molar-refractivity contribution in [1.29, 1.82) is 0 Å². The monoisotopic (exact) mass is 290 g/mol. The summed E-state index contributed by atoms with van der Waals surface area (Å²) in [6, 6.07) is 0. The smallest absolute Gasteiger partial charge is 0.306 e. The van der Waals surface area contributed by atoms with E-state index in [1.54, 1.807) is 6.92 Å². The predicted molar refractivity (Wildman–Crippen MR) is 73.5 cm³/mol. The molecule has 0 bridgehead atoms. The van der Waals surface area contributed by atoms with Gasteiger partial charge in [0, 0.05) is 6.61 Å². The van der Waals surface area contributed by atoms with Crippen LogP contribution in [0.25, 0.3) is 0 Å². The van der Waals surface area contributed by atoms with Gasteiger partial charge in [-0.1, -0.05) is 13.8 Å². The molecule has 0 aliphatic rings. The molecule has 1 N–H and O–H groups in total. The van der Waals surface area contributed by atoms with Gasteiger partial charge in [0.2, 0.25) is 0 Å². The van der Waals surface area contributed by atoms with E-state index in [0.717, 1.165) is 0 Å². The molecule has 6 nitrogen and oxygen atoms in total. The highest BCUT2D eigenvalue weighted by Crippen LogP contribution is 2.02. The first-order chi connectivity index (χ1) is 9.31. The topological polar surface area (TPSA) is 82.1 Å². The molecule has 118 valence electrons. The molecule has 0 spiro atoms. The third kappa shape index (κ3) is 11.9. The van der Waals surface area contributed by atoms with Crippen molar-refractivity contribution in [1.82, 2.24) is 0 Å². The molecular formula is C14H26O6. The van der Waals surface area contributed by atoms with Gasteiger partial charge >= 0.3 is 11.9 Å². The summed E-state index contributed by atoms with van der Waals surface area (Å²) in [5.41, 5.74) is 0. The summed E-state index contributed by atoms with van der Waals surface area (Å²) in [6.45, 7) is 9.10. The fourth-order valence-corrected chi connectivity index (χ4v) is 1.24. The Morgan fingerprint density at radius 3 is 2.00 bits per heavy atom. The maximum Gasteiger partial charge on any atom is 0.306 e. The summed E-state index contributed by atoms with van der Waals surface area (Å²) >= 11 is 0. The second-order valence-corrected chi connectivity index (χ2v) is 5.26. The van der Waals surface area contributed by atoms with Crippen LogP contribution in [0.5, 0.6) is 0 Å². The maximum atomic E-state index is 11.2. The number of carboxylic acid groups (broad SMARTS) is 1. The van der Waals surface area contributed by atoms with Crippen molar-refractivity contribution in [3.8, 4) is 0 Å². The highest BCUT2D eigenvalue weighted by molar-refractivity contribution is 5.76. The summed E-state index contributed by atoms with van der Waals surface area (Å²) < 4.78 is 16.0. The van der Waals surface area contributed by atoms with Crippen LogP contribution in [0.3, 0.4) is 0 Å². The van der Waals surface area contributed by atoms with E-state index in [9.17, 15) is 9.59 Å². The van der Waals surface area contributed by atoms with Gasteiger partial charge in [0.1, 0.15) is 6.61 Å². The highest BCUT2D eigenvalue weighted by Gasteiger charge is 2.11. The molecule has 2 atom stereocenters. The Morgan fingerprint density at radius 1 is 0.900 bits per heavy atom. The minimum Gasteiger partial charge on any atom is -0.481 e. The first-order valence-corrected chi connectivity index (χ1v) is 6.91. The van der Waals surface area contributed by atoms with Gasteiger partial charge in [-0.15, -0.1) is 0 Å². The van der Waals surface area contributed by atoms with Gasteiger partial charge in [-0.05, 0) is 19.8 Å². The Morgan fingerprint density at radius 2 is 1.45 bits per heavy atom. The Balaban J connectivity index is 3.64. The SMILES string of the molecule is CC(C)COC(C)COC(C)COC(=O)CCC(=O)O. The van der Waals surface area contributed by atoms with Crippen molar-refractivity contribution in [3.05, 3.63) is 0 Å². The second kappa shape index (κ2) is 10.6. The van der Waals surface area contributed by atoms with E-state index in [-0.39, 0.29) is 31.7 Å². The standard InChI is InChI=1S/C14H26O6/c1-10(2)7-18-11(3)8-19-12(4)9-20-14(17)6-5-13(15)16/h10-12H,5-9H2,1-4H3,(H,15,16). The molecule has 0 aliphatic heterocycles. The Labute approximate surface area is 120 Å². The number of ether oxygens (including phenoxy) is 3. The summed E-state index contributed by atoms with van der Waals surface area (Å²) in [5.74, 6) is -1.06. The lowest BCUT2D eigenvalue weighted by Gasteiger charge is -2.18. The zero-order chi connectivity index (χ0) is 15.5. The van der Waals surface area contributed by atoms with Gasteiger partial charge < -0.3 is 19.3 Å². The van der Waals surface area contributed by atoms with Gasteiger partial charge in [-0.25, -0.2) is 0 Å². The molecule has 0 fully saturated rings. The van der Waals surface area contributed by atoms with E-state index in [1.807, 2.05) is 6.92 Å². The molecule has 20 heavy (non-hydrogen) atoms. The van der Waals surface area contributed by atoms with Crippen molar-refractivity contribution in [2.45, 2.75) is 52.7 Å². The highest BCUT2D eigenvalue weighted by atomic mass is 16.6. The van der Waals surface area contributed by atoms with Gasteiger partial charge in [0.15, 0.2) is 0 Å². The molecule has 0 radical (unpaired) electrons. The number of aliphatic carboxylic acids is 1. The van der Waals surface area contributed by atoms with Crippen molar-refractivity contribution in [2.75, 3.05) is 19.8 Å². The average molecular weight is 290 g/mol. The molecule has 0 rings (SSSR count). The maximum absolute atomic E-state index is 11.2. The minimum absolute atomic E-state index is 0.0115. The van der Waals surface area contributed by atoms with E-state index >= 15 is 0 Å². The lowest BCUT2D eigenvalue weighted by molar-refractivity contribution is -0.151. The van der Waals surface area contributed by atoms with E-state index in [2.05, 4.69) is 13.8 Å². The molecule has 2 unspecified atom stereocenters. The van der Waals surface area contributed by atoms with E-state index in [1.165, 1.54) is 0 Å². The molecule has 0 aromatic rings. The minimum atomic E-state index is -1.01. The molecule has 0 aromatic carbocycles. The van der Waals surface area contributed by atoms with Crippen LogP contribution in [-0.4, -0.2) is 49.1 Å². The zero-order valence-electron chi connectivity index (χ0n) is 12.8. The van der Waals surface area contributed by atoms with Crippen LogP contribution in [0.4, 0.5) is 0 Å². The number of carbonyl (C=O) groups is 2. The van der Waals surface area contributed by atoms with E-state index in [0.29, 0.717) is 19.1 Å². The fraction of sp³-hybridized carbons (Fsp3) is 0.857. The van der Waals surface area contributed by atoms with E-state index < -0.39 is 11.9 Å². The second-order valence-electron chi connectivity index (χ2n) is 5.26. The molecule has 0 aliphatic carbocycles. The van der Waals surface area contributed by atoms with E-state index in [4.69, 9.17) is 19.3 Å². The third-order valence-electron chi connectivity index (χ3n) is 2.35. The average Bonchev–Trinajstić information content (AvgIpc) is 2.37. The number of hydrogen-bond acceptors (Lipinski definition) is 5. The normalized spacial score (nSPS) is 14.1. The van der Waals surface area contributed by atoms with Crippen LogP contribution in [0.15, 0.2) is 0 Å². The van der Waals surface area contributed by atoms with Crippen molar-refractivity contribution in [3.63, 3.8) is 0 Å². The predicted octanol–water partition coefficient (Wildman–Crippen LogP) is 1.86. The fourth-order valence-electron chi connectivity index (χ4n) is 1.24. The van der Waals surface area contributed by atoms with Gasteiger partial charge in [-0.2, -0.15) is 0 Å². The van der Waals surface area contributed by atoms with Crippen LogP contribution in [0.2, 0.25) is 0 Å². The molecule has 6 heteroatoms. The van der Waals surface area contributed by atoms with Crippen molar-refractivity contribution in [2.24, 2.45) is 5.92 Å². The molecule has 0 aromatic heterocycles. The Kier molecular flexibility index (Phi) is 10.0. The lowest BCUT2D eigenvalue weighted by atomic mass is 10.2. The van der Waals surface area contributed by atoms with Crippen LogP contribution in [0, 0.1) is 5.92 Å². The Bertz CT molecular complexity index is 289. The first kappa shape index (κ1) is 18.9. The summed E-state index contributed by atoms with van der Waals surface area (Å²) in [7, 11) is 0. The number of carbonyl (C=O) groups excluding carboxylic acids is 1. The molecule has 0 heterocycles. The van der Waals surface area contributed by atoms with Gasteiger partial charge in [0.05, 0.1) is 31.7 Å². The van der Waals surface area contributed by atoms with Crippen molar-refractivity contribution >= 4 is 11.9 Å². The first-order valence-electron chi connectivity index (χ1n) is 6.91. The van der Waals surface area contributed by atoms with Crippen LogP contribution in [-0.2, 0) is 23.8 Å². The van der Waals surface area contributed by atoms with Crippen LogP contribution >= 0.6 is 0 Å². The number of carboxylic acids is 1. The molecular weight excluding hydrogens is 264 g/mol. The number of rotatable bonds is 11. The zero-order valence-corrected chi connectivity index (χ0v) is 12.8. The van der Waals surface area contributed by atoms with Crippen molar-refractivity contribution < 1.29 is 28.9 Å². The van der Waals surface area contributed by atoms with Crippen LogP contribution < -0.4 is 0 Å².